The second kappa shape index (κ2) is 6.96. The summed E-state index contributed by atoms with van der Waals surface area (Å²) in [6.07, 6.45) is 0. The fraction of sp³-hybridized carbons (Fsp3) is 0.133. The summed E-state index contributed by atoms with van der Waals surface area (Å²) in [4.78, 5) is 11.5. The SMILES string of the molecule is O=C(O)c1ccccc1OCCSc1ccccc1F. The molecule has 2 aromatic carbocycles. The van der Waals surface area contributed by atoms with Gasteiger partial charge in [0.2, 0.25) is 0 Å². The standard InChI is InChI=1S/C15H13FO3S/c16-12-6-2-4-8-14(12)20-10-9-19-13-7-3-1-5-11(13)15(17)18/h1-8H,9-10H2,(H,17,18). The van der Waals surface area contributed by atoms with Gasteiger partial charge in [0.1, 0.15) is 17.1 Å². The summed E-state index contributed by atoms with van der Waals surface area (Å²) in [5.41, 5.74) is 0.128. The van der Waals surface area contributed by atoms with E-state index in [0.29, 0.717) is 23.0 Å². The largest absolute Gasteiger partial charge is 0.492 e. The summed E-state index contributed by atoms with van der Waals surface area (Å²) in [5.74, 6) is -0.422. The maximum absolute atomic E-state index is 13.4. The number of hydrogen-bond donors (Lipinski definition) is 1. The first kappa shape index (κ1) is 14.4. The summed E-state index contributed by atoms with van der Waals surface area (Å²) < 4.78 is 18.8. The molecule has 0 saturated carbocycles. The van der Waals surface area contributed by atoms with Gasteiger partial charge in [-0.1, -0.05) is 24.3 Å². The van der Waals surface area contributed by atoms with Crippen molar-refractivity contribution in [3.8, 4) is 5.75 Å². The second-order valence-corrected chi connectivity index (χ2v) is 5.07. The molecule has 0 aliphatic carbocycles. The Bertz CT molecular complexity index is 601. The minimum absolute atomic E-state index is 0.128. The second-order valence-electron chi connectivity index (χ2n) is 3.93. The molecular weight excluding hydrogens is 279 g/mol. The number of carbonyl (C=O) groups is 1. The molecule has 0 atom stereocenters. The molecule has 0 fully saturated rings. The average molecular weight is 292 g/mol. The fourth-order valence-corrected chi connectivity index (χ4v) is 2.40. The van der Waals surface area contributed by atoms with Crippen LogP contribution in [-0.4, -0.2) is 23.4 Å². The van der Waals surface area contributed by atoms with E-state index < -0.39 is 5.97 Å². The van der Waals surface area contributed by atoms with Crippen molar-refractivity contribution in [1.82, 2.24) is 0 Å². The molecule has 104 valence electrons. The monoisotopic (exact) mass is 292 g/mol. The molecule has 3 nitrogen and oxygen atoms in total. The molecule has 1 N–H and O–H groups in total. The first-order chi connectivity index (χ1) is 9.68. The maximum atomic E-state index is 13.4. The molecule has 0 heterocycles. The smallest absolute Gasteiger partial charge is 0.339 e. The van der Waals surface area contributed by atoms with Gasteiger partial charge < -0.3 is 9.84 Å². The van der Waals surface area contributed by atoms with E-state index in [9.17, 15) is 9.18 Å². The Morgan fingerprint density at radius 3 is 2.60 bits per heavy atom. The highest BCUT2D eigenvalue weighted by Crippen LogP contribution is 2.22. The zero-order chi connectivity index (χ0) is 14.4. The zero-order valence-corrected chi connectivity index (χ0v) is 11.4. The summed E-state index contributed by atoms with van der Waals surface area (Å²) >= 11 is 1.33. The van der Waals surface area contributed by atoms with Crippen molar-refractivity contribution in [2.45, 2.75) is 4.90 Å². The molecule has 0 saturated heterocycles. The first-order valence-corrected chi connectivity index (χ1v) is 6.99. The first-order valence-electron chi connectivity index (χ1n) is 6.01. The van der Waals surface area contributed by atoms with Crippen LogP contribution < -0.4 is 4.74 Å². The Morgan fingerprint density at radius 2 is 1.85 bits per heavy atom. The lowest BCUT2D eigenvalue weighted by Gasteiger charge is -2.08. The van der Waals surface area contributed by atoms with Crippen LogP contribution in [0.5, 0.6) is 5.75 Å². The van der Waals surface area contributed by atoms with Crippen molar-refractivity contribution in [3.63, 3.8) is 0 Å². The molecule has 20 heavy (non-hydrogen) atoms. The minimum atomic E-state index is -1.03. The quantitative estimate of drug-likeness (QED) is 0.651. The fourth-order valence-electron chi connectivity index (χ4n) is 1.63. The van der Waals surface area contributed by atoms with E-state index in [-0.39, 0.29) is 11.4 Å². The van der Waals surface area contributed by atoms with Crippen LogP contribution in [0.3, 0.4) is 0 Å². The van der Waals surface area contributed by atoms with E-state index in [1.807, 2.05) is 0 Å². The average Bonchev–Trinajstić information content (AvgIpc) is 2.45. The van der Waals surface area contributed by atoms with Crippen molar-refractivity contribution in [1.29, 1.82) is 0 Å². The summed E-state index contributed by atoms with van der Waals surface area (Å²) in [5, 5.41) is 9.00. The molecule has 0 radical (unpaired) electrons. The van der Waals surface area contributed by atoms with E-state index in [2.05, 4.69) is 0 Å². The van der Waals surface area contributed by atoms with Gasteiger partial charge >= 0.3 is 5.97 Å². The van der Waals surface area contributed by atoms with Crippen LogP contribution in [0.1, 0.15) is 10.4 Å². The van der Waals surface area contributed by atoms with Crippen molar-refractivity contribution in [3.05, 3.63) is 59.9 Å². The van der Waals surface area contributed by atoms with Gasteiger partial charge in [-0.05, 0) is 24.3 Å². The topological polar surface area (TPSA) is 46.5 Å². The van der Waals surface area contributed by atoms with Crippen molar-refractivity contribution < 1.29 is 19.0 Å². The number of thioether (sulfide) groups is 1. The summed E-state index contributed by atoms with van der Waals surface area (Å²) in [6.45, 7) is 0.309. The minimum Gasteiger partial charge on any atom is -0.492 e. The molecule has 2 aromatic rings. The highest BCUT2D eigenvalue weighted by atomic mass is 32.2. The predicted octanol–water partition coefficient (Wildman–Crippen LogP) is 3.70. The molecule has 2 rings (SSSR count). The van der Waals surface area contributed by atoms with Crippen LogP contribution >= 0.6 is 11.8 Å². The highest BCUT2D eigenvalue weighted by molar-refractivity contribution is 7.99. The third kappa shape index (κ3) is 3.74. The maximum Gasteiger partial charge on any atom is 0.339 e. The Kier molecular flexibility index (Phi) is 5.01. The van der Waals surface area contributed by atoms with Gasteiger partial charge in [-0.3, -0.25) is 0 Å². The Morgan fingerprint density at radius 1 is 1.15 bits per heavy atom. The number of hydrogen-bond acceptors (Lipinski definition) is 3. The number of carboxylic acids is 1. The lowest BCUT2D eigenvalue weighted by atomic mass is 10.2. The third-order valence-corrected chi connectivity index (χ3v) is 3.57. The van der Waals surface area contributed by atoms with Gasteiger partial charge in [-0.15, -0.1) is 11.8 Å². The Labute approximate surface area is 120 Å². The van der Waals surface area contributed by atoms with E-state index in [0.717, 1.165) is 0 Å². The number of benzene rings is 2. The molecule has 0 aromatic heterocycles. The van der Waals surface area contributed by atoms with Crippen molar-refractivity contribution >= 4 is 17.7 Å². The Hall–Kier alpha value is -2.01. The molecule has 0 bridgehead atoms. The van der Waals surface area contributed by atoms with Gasteiger partial charge in [0.05, 0.1) is 6.61 Å². The summed E-state index contributed by atoms with van der Waals surface area (Å²) in [7, 11) is 0. The lowest BCUT2D eigenvalue weighted by Crippen LogP contribution is -2.05. The molecule has 5 heteroatoms. The Balaban J connectivity index is 1.88. The number of para-hydroxylation sites is 1. The van der Waals surface area contributed by atoms with Crippen LogP contribution in [0.4, 0.5) is 4.39 Å². The van der Waals surface area contributed by atoms with E-state index in [1.165, 1.54) is 23.9 Å². The normalized spacial score (nSPS) is 10.2. The number of aromatic carboxylic acids is 1. The van der Waals surface area contributed by atoms with Crippen molar-refractivity contribution in [2.75, 3.05) is 12.4 Å². The molecule has 0 aliphatic rings. The molecule has 0 amide bonds. The van der Waals surface area contributed by atoms with Gasteiger partial charge in [-0.25, -0.2) is 9.18 Å². The van der Waals surface area contributed by atoms with Crippen LogP contribution in [0, 0.1) is 5.82 Å². The zero-order valence-electron chi connectivity index (χ0n) is 10.6. The van der Waals surface area contributed by atoms with Crippen LogP contribution in [0.25, 0.3) is 0 Å². The van der Waals surface area contributed by atoms with Crippen LogP contribution in [-0.2, 0) is 0 Å². The molecule has 0 spiro atoms. The lowest BCUT2D eigenvalue weighted by molar-refractivity contribution is 0.0692. The number of halogens is 1. The number of ether oxygens (including phenoxy) is 1. The van der Waals surface area contributed by atoms with E-state index >= 15 is 0 Å². The number of rotatable bonds is 6. The van der Waals surface area contributed by atoms with Crippen LogP contribution in [0.2, 0.25) is 0 Å². The van der Waals surface area contributed by atoms with E-state index in [1.54, 1.807) is 36.4 Å². The number of carboxylic acid groups (broad SMARTS) is 1. The predicted molar refractivity (Wildman–Crippen MR) is 76.0 cm³/mol. The van der Waals surface area contributed by atoms with E-state index in [4.69, 9.17) is 9.84 Å². The van der Waals surface area contributed by atoms with Crippen LogP contribution in [0.15, 0.2) is 53.4 Å². The third-order valence-electron chi connectivity index (χ3n) is 2.55. The van der Waals surface area contributed by atoms with Gasteiger partial charge in [0, 0.05) is 10.6 Å². The molecule has 0 aliphatic heterocycles. The summed E-state index contributed by atoms with van der Waals surface area (Å²) in [6, 6.07) is 13.0. The van der Waals surface area contributed by atoms with Gasteiger partial charge in [0.15, 0.2) is 0 Å². The van der Waals surface area contributed by atoms with Gasteiger partial charge in [-0.2, -0.15) is 0 Å². The molecular formula is C15H13FO3S. The highest BCUT2D eigenvalue weighted by Gasteiger charge is 2.09. The van der Waals surface area contributed by atoms with Crippen molar-refractivity contribution in [2.24, 2.45) is 0 Å². The van der Waals surface area contributed by atoms with Gasteiger partial charge in [0.25, 0.3) is 0 Å². The molecule has 0 unspecified atom stereocenters.